The molecule has 10 heavy (non-hydrogen) atoms. The summed E-state index contributed by atoms with van der Waals surface area (Å²) in [6.45, 7) is 5.09. The van der Waals surface area contributed by atoms with Crippen molar-refractivity contribution in [3.8, 4) is 0 Å². The lowest BCUT2D eigenvalue weighted by atomic mass is 9.95. The van der Waals surface area contributed by atoms with E-state index in [2.05, 4.69) is 18.9 Å². The molecule has 0 aromatic rings. The topological polar surface area (TPSA) is 23.5 Å². The first-order valence-electron chi connectivity index (χ1n) is 4.00. The van der Waals surface area contributed by atoms with E-state index in [4.69, 9.17) is 0 Å². The van der Waals surface area contributed by atoms with Crippen LogP contribution in [-0.4, -0.2) is 35.2 Å². The Hall–Kier alpha value is -0.0800. The number of likely N-dealkylation sites (N-methyl/N-ethyl adjacent to an activating group) is 1. The average Bonchev–Trinajstić information content (AvgIpc) is 2.07. The Morgan fingerprint density at radius 2 is 2.30 bits per heavy atom. The molecule has 0 spiro atoms. The number of rotatable bonds is 1. The third-order valence-corrected chi connectivity index (χ3v) is 2.61. The van der Waals surface area contributed by atoms with Crippen molar-refractivity contribution in [2.24, 2.45) is 0 Å². The zero-order chi connectivity index (χ0) is 7.78. The molecule has 1 N–H and O–H groups in total. The maximum atomic E-state index is 9.78. The highest BCUT2D eigenvalue weighted by Crippen LogP contribution is 2.28. The van der Waals surface area contributed by atoms with E-state index in [9.17, 15) is 5.11 Å². The van der Waals surface area contributed by atoms with Crippen molar-refractivity contribution in [1.29, 1.82) is 0 Å². The van der Waals surface area contributed by atoms with Crippen molar-refractivity contribution < 1.29 is 5.11 Å². The Labute approximate surface area is 62.8 Å². The minimum atomic E-state index is -0.441. The molecule has 0 radical (unpaired) electrons. The van der Waals surface area contributed by atoms with Gasteiger partial charge in [-0.05, 0) is 26.8 Å². The predicted octanol–water partition coefficient (Wildman–Crippen LogP) is 0.851. The van der Waals surface area contributed by atoms with Crippen molar-refractivity contribution in [2.75, 3.05) is 13.6 Å². The molecule has 0 amide bonds. The summed E-state index contributed by atoms with van der Waals surface area (Å²) in [6.07, 6.45) is 1.96. The van der Waals surface area contributed by atoms with Gasteiger partial charge < -0.3 is 10.0 Å². The predicted molar refractivity (Wildman–Crippen MR) is 41.9 cm³/mol. The number of nitrogens with zero attached hydrogens (tertiary/aromatic N) is 1. The van der Waals surface area contributed by atoms with Crippen LogP contribution < -0.4 is 0 Å². The van der Waals surface area contributed by atoms with E-state index in [0.717, 1.165) is 19.4 Å². The molecule has 0 saturated carbocycles. The number of aliphatic hydroxyl groups is 1. The summed E-state index contributed by atoms with van der Waals surface area (Å²) < 4.78 is 0. The fourth-order valence-electron chi connectivity index (χ4n) is 1.95. The largest absolute Gasteiger partial charge is 0.388 e. The second-order valence-electron chi connectivity index (χ2n) is 3.51. The van der Waals surface area contributed by atoms with Gasteiger partial charge in [-0.2, -0.15) is 0 Å². The molecule has 1 aliphatic rings. The molecular formula is C8H17NO. The molecular weight excluding hydrogens is 126 g/mol. The zero-order valence-electron chi connectivity index (χ0n) is 7.09. The van der Waals surface area contributed by atoms with Gasteiger partial charge in [0.2, 0.25) is 0 Å². The molecule has 0 bridgehead atoms. The Morgan fingerprint density at radius 3 is 2.50 bits per heavy atom. The lowest BCUT2D eigenvalue weighted by Crippen LogP contribution is -2.40. The second kappa shape index (κ2) is 2.51. The SMILES string of the molecule is CC[C@@H]1N(C)CC[C@@]1(C)O. The van der Waals surface area contributed by atoms with Gasteiger partial charge in [-0.15, -0.1) is 0 Å². The zero-order valence-corrected chi connectivity index (χ0v) is 7.09. The van der Waals surface area contributed by atoms with Gasteiger partial charge in [0, 0.05) is 12.6 Å². The highest BCUT2D eigenvalue weighted by atomic mass is 16.3. The van der Waals surface area contributed by atoms with Gasteiger partial charge in [0.25, 0.3) is 0 Å². The van der Waals surface area contributed by atoms with Crippen molar-refractivity contribution >= 4 is 0 Å². The van der Waals surface area contributed by atoms with Gasteiger partial charge in [-0.3, -0.25) is 0 Å². The fourth-order valence-corrected chi connectivity index (χ4v) is 1.95. The van der Waals surface area contributed by atoms with Crippen molar-refractivity contribution in [1.82, 2.24) is 4.90 Å². The lowest BCUT2D eigenvalue weighted by Gasteiger charge is -2.27. The van der Waals surface area contributed by atoms with E-state index in [1.54, 1.807) is 0 Å². The maximum Gasteiger partial charge on any atom is 0.0786 e. The Morgan fingerprint density at radius 1 is 1.70 bits per heavy atom. The van der Waals surface area contributed by atoms with Crippen LogP contribution in [0.25, 0.3) is 0 Å². The van der Waals surface area contributed by atoms with Crippen LogP contribution in [0, 0.1) is 0 Å². The molecule has 0 unspecified atom stereocenters. The van der Waals surface area contributed by atoms with Crippen LogP contribution in [0.1, 0.15) is 26.7 Å². The van der Waals surface area contributed by atoms with Crippen LogP contribution >= 0.6 is 0 Å². The van der Waals surface area contributed by atoms with Gasteiger partial charge >= 0.3 is 0 Å². The van der Waals surface area contributed by atoms with Crippen molar-refractivity contribution in [3.05, 3.63) is 0 Å². The van der Waals surface area contributed by atoms with Gasteiger partial charge in [0.15, 0.2) is 0 Å². The normalized spacial score (nSPS) is 42.6. The Kier molecular flexibility index (Phi) is 2.02. The third kappa shape index (κ3) is 1.18. The van der Waals surface area contributed by atoms with E-state index >= 15 is 0 Å². The number of likely N-dealkylation sites (tertiary alicyclic amines) is 1. The third-order valence-electron chi connectivity index (χ3n) is 2.61. The first-order chi connectivity index (χ1) is 4.58. The summed E-state index contributed by atoms with van der Waals surface area (Å²) in [7, 11) is 2.08. The minimum absolute atomic E-state index is 0.368. The molecule has 2 atom stereocenters. The summed E-state index contributed by atoms with van der Waals surface area (Å²) in [4.78, 5) is 2.24. The Balaban J connectivity index is 2.63. The molecule has 1 aliphatic heterocycles. The summed E-state index contributed by atoms with van der Waals surface area (Å²) in [5.74, 6) is 0. The summed E-state index contributed by atoms with van der Waals surface area (Å²) in [6, 6.07) is 0.368. The van der Waals surface area contributed by atoms with E-state index in [1.807, 2.05) is 6.92 Å². The van der Waals surface area contributed by atoms with Gasteiger partial charge in [0.05, 0.1) is 5.60 Å². The minimum Gasteiger partial charge on any atom is -0.388 e. The first kappa shape index (κ1) is 8.02. The summed E-state index contributed by atoms with van der Waals surface area (Å²) >= 11 is 0. The molecule has 60 valence electrons. The molecule has 2 nitrogen and oxygen atoms in total. The smallest absolute Gasteiger partial charge is 0.0786 e. The lowest BCUT2D eigenvalue weighted by molar-refractivity contribution is 0.0244. The molecule has 1 fully saturated rings. The van der Waals surface area contributed by atoms with Gasteiger partial charge in [-0.1, -0.05) is 6.92 Å². The highest BCUT2D eigenvalue weighted by molar-refractivity contribution is 4.94. The van der Waals surface area contributed by atoms with Gasteiger partial charge in [0.1, 0.15) is 0 Å². The van der Waals surface area contributed by atoms with Crippen LogP contribution in [0.5, 0.6) is 0 Å². The fraction of sp³-hybridized carbons (Fsp3) is 1.00. The number of hydrogen-bond donors (Lipinski definition) is 1. The van der Waals surface area contributed by atoms with Crippen LogP contribution in [0.2, 0.25) is 0 Å². The van der Waals surface area contributed by atoms with Crippen molar-refractivity contribution in [3.63, 3.8) is 0 Å². The van der Waals surface area contributed by atoms with Crippen LogP contribution in [0.3, 0.4) is 0 Å². The molecule has 1 rings (SSSR count). The van der Waals surface area contributed by atoms with E-state index in [-0.39, 0.29) is 0 Å². The van der Waals surface area contributed by atoms with Crippen LogP contribution in [0.4, 0.5) is 0 Å². The molecule has 1 saturated heterocycles. The van der Waals surface area contributed by atoms with Crippen LogP contribution in [0.15, 0.2) is 0 Å². The summed E-state index contributed by atoms with van der Waals surface area (Å²) in [5.41, 5.74) is -0.441. The molecule has 1 heterocycles. The van der Waals surface area contributed by atoms with E-state index < -0.39 is 5.60 Å². The van der Waals surface area contributed by atoms with Crippen LogP contribution in [-0.2, 0) is 0 Å². The molecule has 2 heteroatoms. The molecule has 0 aromatic carbocycles. The standard InChI is InChI=1S/C8H17NO/c1-4-7-8(2,10)5-6-9(7)3/h7,10H,4-6H2,1-3H3/t7-,8+/m0/s1. The maximum absolute atomic E-state index is 9.78. The number of hydrogen-bond acceptors (Lipinski definition) is 2. The highest BCUT2D eigenvalue weighted by Gasteiger charge is 2.38. The molecule has 0 aliphatic carbocycles. The average molecular weight is 143 g/mol. The Bertz CT molecular complexity index is 122. The van der Waals surface area contributed by atoms with E-state index in [0.29, 0.717) is 6.04 Å². The quantitative estimate of drug-likeness (QED) is 0.588. The van der Waals surface area contributed by atoms with Gasteiger partial charge in [-0.25, -0.2) is 0 Å². The summed E-state index contributed by atoms with van der Waals surface area (Å²) in [5, 5.41) is 9.78. The van der Waals surface area contributed by atoms with Crippen molar-refractivity contribution in [2.45, 2.75) is 38.3 Å². The second-order valence-corrected chi connectivity index (χ2v) is 3.51. The van der Waals surface area contributed by atoms with E-state index in [1.165, 1.54) is 0 Å². The molecule has 0 aromatic heterocycles. The first-order valence-corrected chi connectivity index (χ1v) is 4.00. The monoisotopic (exact) mass is 143 g/mol.